The van der Waals surface area contributed by atoms with E-state index in [1.165, 1.54) is 0 Å². The van der Waals surface area contributed by atoms with Crippen molar-refractivity contribution in [1.29, 1.82) is 0 Å². The minimum atomic E-state index is -0.693. The fourth-order valence-corrected chi connectivity index (χ4v) is 1.89. The van der Waals surface area contributed by atoms with Crippen molar-refractivity contribution < 1.29 is 9.59 Å². The van der Waals surface area contributed by atoms with Gasteiger partial charge in [0.1, 0.15) is 5.54 Å². The van der Waals surface area contributed by atoms with Gasteiger partial charge in [-0.2, -0.15) is 0 Å². The van der Waals surface area contributed by atoms with Crippen LogP contribution in [0.5, 0.6) is 0 Å². The molecule has 1 unspecified atom stereocenters. The topological polar surface area (TPSA) is 58.2 Å². The first-order chi connectivity index (χ1) is 6.88. The van der Waals surface area contributed by atoms with Gasteiger partial charge in [0.25, 0.3) is 5.91 Å². The van der Waals surface area contributed by atoms with Crippen molar-refractivity contribution in [2.75, 3.05) is 0 Å². The molecular formula is C11H20N2O2. The fraction of sp³-hybridized carbons (Fsp3) is 0.818. The molecule has 1 atom stereocenters. The van der Waals surface area contributed by atoms with Gasteiger partial charge in [0, 0.05) is 0 Å². The van der Waals surface area contributed by atoms with Crippen molar-refractivity contribution in [3.05, 3.63) is 0 Å². The Morgan fingerprint density at radius 1 is 1.20 bits per heavy atom. The van der Waals surface area contributed by atoms with Gasteiger partial charge in [-0.3, -0.25) is 10.1 Å². The van der Waals surface area contributed by atoms with E-state index >= 15 is 0 Å². The Balaban J connectivity index is 2.80. The van der Waals surface area contributed by atoms with Gasteiger partial charge in [0.15, 0.2) is 0 Å². The summed E-state index contributed by atoms with van der Waals surface area (Å²) in [6.07, 6.45) is 1.64. The van der Waals surface area contributed by atoms with Gasteiger partial charge in [-0.25, -0.2) is 4.79 Å². The van der Waals surface area contributed by atoms with Crippen LogP contribution in [0.3, 0.4) is 0 Å². The molecule has 0 radical (unpaired) electrons. The molecule has 2 N–H and O–H groups in total. The van der Waals surface area contributed by atoms with Crippen LogP contribution in [0.15, 0.2) is 0 Å². The Hall–Kier alpha value is -1.06. The molecule has 1 rings (SSSR count). The predicted molar refractivity (Wildman–Crippen MR) is 58.3 cm³/mol. The van der Waals surface area contributed by atoms with Crippen LogP contribution in [0.4, 0.5) is 4.79 Å². The van der Waals surface area contributed by atoms with E-state index in [0.29, 0.717) is 12.3 Å². The molecule has 0 aliphatic carbocycles. The first kappa shape index (κ1) is 12.0. The number of hydrogen-bond acceptors (Lipinski definition) is 2. The first-order valence-electron chi connectivity index (χ1n) is 5.52. The molecule has 15 heavy (non-hydrogen) atoms. The highest BCUT2D eigenvalue weighted by Gasteiger charge is 2.47. The van der Waals surface area contributed by atoms with E-state index in [9.17, 15) is 9.59 Å². The summed E-state index contributed by atoms with van der Waals surface area (Å²) in [4.78, 5) is 22.9. The fourth-order valence-electron chi connectivity index (χ4n) is 1.89. The van der Waals surface area contributed by atoms with Crippen molar-refractivity contribution >= 4 is 11.9 Å². The molecule has 0 spiro atoms. The van der Waals surface area contributed by atoms with Crippen LogP contribution >= 0.6 is 0 Å². The molecule has 0 aromatic heterocycles. The molecule has 1 aliphatic rings. The van der Waals surface area contributed by atoms with Crippen LogP contribution in [0.25, 0.3) is 0 Å². The Bertz CT molecular complexity index is 274. The molecule has 4 heteroatoms. The third-order valence-corrected chi connectivity index (χ3v) is 3.07. The van der Waals surface area contributed by atoms with Crippen molar-refractivity contribution in [1.82, 2.24) is 10.6 Å². The monoisotopic (exact) mass is 212 g/mol. The summed E-state index contributed by atoms with van der Waals surface area (Å²) in [6.45, 7) is 8.16. The first-order valence-corrected chi connectivity index (χ1v) is 5.52. The van der Waals surface area contributed by atoms with Crippen molar-refractivity contribution in [2.24, 2.45) is 11.8 Å². The predicted octanol–water partition coefficient (Wildman–Crippen LogP) is 1.66. The zero-order valence-electron chi connectivity index (χ0n) is 9.89. The number of carbonyl (C=O) groups excluding carboxylic acids is 2. The van der Waals surface area contributed by atoms with Gasteiger partial charge >= 0.3 is 6.03 Å². The Morgan fingerprint density at radius 3 is 2.13 bits per heavy atom. The Labute approximate surface area is 90.8 Å². The number of nitrogens with one attached hydrogen (secondary N) is 2. The number of imide groups is 1. The van der Waals surface area contributed by atoms with Gasteiger partial charge in [0.05, 0.1) is 0 Å². The SMILES string of the molecule is CC(C)CCC1(C(C)C)NC(=O)NC1=O. The lowest BCUT2D eigenvalue weighted by Crippen LogP contribution is -2.51. The van der Waals surface area contributed by atoms with Crippen LogP contribution < -0.4 is 10.6 Å². The number of amides is 3. The van der Waals surface area contributed by atoms with E-state index in [0.717, 1.165) is 6.42 Å². The summed E-state index contributed by atoms with van der Waals surface area (Å²) in [5, 5.41) is 5.10. The third kappa shape index (κ3) is 2.30. The maximum atomic E-state index is 11.8. The molecule has 4 nitrogen and oxygen atoms in total. The Kier molecular flexibility index (Phi) is 3.37. The van der Waals surface area contributed by atoms with Crippen LogP contribution in [0.1, 0.15) is 40.5 Å². The molecule has 1 aliphatic heterocycles. The molecule has 1 heterocycles. The van der Waals surface area contributed by atoms with Crippen LogP contribution in [0.2, 0.25) is 0 Å². The summed E-state index contributed by atoms with van der Waals surface area (Å²) in [5.41, 5.74) is -0.693. The lowest BCUT2D eigenvalue weighted by Gasteiger charge is -2.30. The van der Waals surface area contributed by atoms with Crippen LogP contribution in [-0.4, -0.2) is 17.5 Å². The van der Waals surface area contributed by atoms with Gasteiger partial charge in [-0.15, -0.1) is 0 Å². The zero-order chi connectivity index (χ0) is 11.6. The van der Waals surface area contributed by atoms with E-state index in [2.05, 4.69) is 24.5 Å². The second-order valence-electron chi connectivity index (χ2n) is 4.97. The maximum Gasteiger partial charge on any atom is 0.322 e. The van der Waals surface area contributed by atoms with Crippen LogP contribution in [0, 0.1) is 11.8 Å². The maximum absolute atomic E-state index is 11.8. The Morgan fingerprint density at radius 2 is 1.80 bits per heavy atom. The normalized spacial score (nSPS) is 26.0. The van der Waals surface area contributed by atoms with Gasteiger partial charge in [0.2, 0.25) is 0 Å². The molecule has 0 aromatic carbocycles. The number of carbonyl (C=O) groups is 2. The van der Waals surface area contributed by atoms with Gasteiger partial charge < -0.3 is 5.32 Å². The van der Waals surface area contributed by atoms with E-state index in [4.69, 9.17) is 0 Å². The second-order valence-corrected chi connectivity index (χ2v) is 4.97. The van der Waals surface area contributed by atoms with Gasteiger partial charge in [-0.1, -0.05) is 27.7 Å². The molecule has 86 valence electrons. The van der Waals surface area contributed by atoms with Crippen molar-refractivity contribution in [2.45, 2.75) is 46.1 Å². The summed E-state index contributed by atoms with van der Waals surface area (Å²) >= 11 is 0. The summed E-state index contributed by atoms with van der Waals surface area (Å²) < 4.78 is 0. The smallest absolute Gasteiger partial charge is 0.322 e. The third-order valence-electron chi connectivity index (χ3n) is 3.07. The zero-order valence-corrected chi connectivity index (χ0v) is 9.89. The second kappa shape index (κ2) is 4.21. The lowest BCUT2D eigenvalue weighted by atomic mass is 9.81. The highest BCUT2D eigenvalue weighted by Crippen LogP contribution is 2.28. The average Bonchev–Trinajstić information content (AvgIpc) is 2.38. The van der Waals surface area contributed by atoms with Crippen LogP contribution in [-0.2, 0) is 4.79 Å². The summed E-state index contributed by atoms with van der Waals surface area (Å²) in [6, 6.07) is -0.363. The quantitative estimate of drug-likeness (QED) is 0.696. The van der Waals surface area contributed by atoms with Crippen molar-refractivity contribution in [3.8, 4) is 0 Å². The molecular weight excluding hydrogens is 192 g/mol. The standard InChI is InChI=1S/C11H20N2O2/c1-7(2)5-6-11(8(3)4)9(14)12-10(15)13-11/h7-8H,5-6H2,1-4H3,(H2,12,13,14,15). The van der Waals surface area contributed by atoms with Gasteiger partial charge in [-0.05, 0) is 24.7 Å². The van der Waals surface area contributed by atoms with E-state index in [-0.39, 0.29) is 17.9 Å². The highest BCUT2D eigenvalue weighted by molar-refractivity contribution is 6.07. The van der Waals surface area contributed by atoms with E-state index in [1.54, 1.807) is 0 Å². The minimum Gasteiger partial charge on any atom is -0.323 e. The molecule has 1 saturated heterocycles. The van der Waals surface area contributed by atoms with E-state index in [1.807, 2.05) is 13.8 Å². The number of hydrogen-bond donors (Lipinski definition) is 2. The minimum absolute atomic E-state index is 0.114. The highest BCUT2D eigenvalue weighted by atomic mass is 16.2. The molecule has 1 fully saturated rings. The molecule has 0 aromatic rings. The average molecular weight is 212 g/mol. The molecule has 3 amide bonds. The van der Waals surface area contributed by atoms with Crippen molar-refractivity contribution in [3.63, 3.8) is 0 Å². The van der Waals surface area contributed by atoms with E-state index < -0.39 is 5.54 Å². The summed E-state index contributed by atoms with van der Waals surface area (Å²) in [7, 11) is 0. The number of rotatable bonds is 4. The number of urea groups is 1. The molecule has 0 bridgehead atoms. The summed E-state index contributed by atoms with van der Waals surface area (Å²) in [5.74, 6) is 0.469. The largest absolute Gasteiger partial charge is 0.323 e. The lowest BCUT2D eigenvalue weighted by molar-refractivity contribution is -0.125. The molecule has 0 saturated carbocycles.